The Morgan fingerprint density at radius 2 is 2.24 bits per heavy atom. The van der Waals surface area contributed by atoms with Crippen molar-refractivity contribution in [2.75, 3.05) is 31.1 Å². The van der Waals surface area contributed by atoms with Crippen molar-refractivity contribution in [3.63, 3.8) is 0 Å². The van der Waals surface area contributed by atoms with E-state index < -0.39 is 0 Å². The van der Waals surface area contributed by atoms with Crippen molar-refractivity contribution in [1.82, 2.24) is 15.5 Å². The highest BCUT2D eigenvalue weighted by molar-refractivity contribution is 5.38. The number of aromatic nitrogens is 2. The fraction of sp³-hybridized carbons (Fsp3) is 0.421. The minimum atomic E-state index is 0.422. The van der Waals surface area contributed by atoms with Crippen LogP contribution in [0.2, 0.25) is 0 Å². The van der Waals surface area contributed by atoms with E-state index in [9.17, 15) is 0 Å². The Morgan fingerprint density at radius 1 is 1.32 bits per heavy atom. The van der Waals surface area contributed by atoms with Crippen LogP contribution in [0.15, 0.2) is 36.4 Å². The van der Waals surface area contributed by atoms with Gasteiger partial charge >= 0.3 is 0 Å². The minimum Gasteiger partial charge on any atom is -0.492 e. The number of ether oxygens (including phenoxy) is 1. The van der Waals surface area contributed by atoms with Gasteiger partial charge < -0.3 is 15.0 Å². The molecular formula is C19H23N5O. The number of aryl methyl sites for hydroxylation is 1. The maximum atomic E-state index is 8.91. The van der Waals surface area contributed by atoms with Gasteiger partial charge in [-0.3, -0.25) is 0 Å². The standard InChI is InChI=1S/C19H23N5O/c1-15-7-8-19(23-22-15)24-10-3-5-17(14-24)21-9-11-25-18-6-2-4-16(12-18)13-20/h2,4,6-8,12,17,21H,3,5,9-11,14H2,1H3/t17-/m1/s1. The van der Waals surface area contributed by atoms with Gasteiger partial charge in [0, 0.05) is 25.7 Å². The summed E-state index contributed by atoms with van der Waals surface area (Å²) >= 11 is 0. The molecule has 0 bridgehead atoms. The number of nitriles is 1. The van der Waals surface area contributed by atoms with Gasteiger partial charge in [0.25, 0.3) is 0 Å². The van der Waals surface area contributed by atoms with Gasteiger partial charge in [0.15, 0.2) is 5.82 Å². The zero-order valence-corrected chi connectivity index (χ0v) is 14.5. The molecule has 1 N–H and O–H groups in total. The molecule has 1 aromatic carbocycles. The Balaban J connectivity index is 1.43. The van der Waals surface area contributed by atoms with E-state index in [1.807, 2.05) is 31.2 Å². The number of benzene rings is 1. The van der Waals surface area contributed by atoms with Gasteiger partial charge in [-0.15, -0.1) is 5.10 Å². The molecule has 1 saturated heterocycles. The fourth-order valence-electron chi connectivity index (χ4n) is 3.00. The van der Waals surface area contributed by atoms with Gasteiger partial charge in [-0.2, -0.15) is 10.4 Å². The molecule has 0 saturated carbocycles. The molecule has 1 fully saturated rings. The van der Waals surface area contributed by atoms with E-state index in [4.69, 9.17) is 10.00 Å². The van der Waals surface area contributed by atoms with Crippen LogP contribution in [0.1, 0.15) is 24.1 Å². The summed E-state index contributed by atoms with van der Waals surface area (Å²) in [6, 6.07) is 13.8. The van der Waals surface area contributed by atoms with Crippen LogP contribution in [-0.4, -0.2) is 42.5 Å². The van der Waals surface area contributed by atoms with E-state index in [1.165, 1.54) is 0 Å². The number of piperidine rings is 1. The van der Waals surface area contributed by atoms with E-state index in [2.05, 4.69) is 26.5 Å². The molecule has 130 valence electrons. The molecule has 6 nitrogen and oxygen atoms in total. The van der Waals surface area contributed by atoms with Crippen LogP contribution >= 0.6 is 0 Å². The van der Waals surface area contributed by atoms with Crippen molar-refractivity contribution in [1.29, 1.82) is 5.26 Å². The summed E-state index contributed by atoms with van der Waals surface area (Å²) in [5.74, 6) is 1.68. The van der Waals surface area contributed by atoms with Crippen molar-refractivity contribution < 1.29 is 4.74 Å². The maximum Gasteiger partial charge on any atom is 0.151 e. The lowest BCUT2D eigenvalue weighted by molar-refractivity contribution is 0.297. The second-order valence-corrected chi connectivity index (χ2v) is 6.26. The summed E-state index contributed by atoms with van der Waals surface area (Å²) in [4.78, 5) is 2.28. The van der Waals surface area contributed by atoms with Gasteiger partial charge in [0.2, 0.25) is 0 Å². The lowest BCUT2D eigenvalue weighted by Gasteiger charge is -2.33. The predicted octanol–water partition coefficient (Wildman–Crippen LogP) is 2.29. The van der Waals surface area contributed by atoms with Gasteiger partial charge in [-0.1, -0.05) is 6.07 Å². The van der Waals surface area contributed by atoms with E-state index in [-0.39, 0.29) is 0 Å². The Bertz CT molecular complexity index is 725. The molecule has 1 aromatic heterocycles. The van der Waals surface area contributed by atoms with Crippen LogP contribution < -0.4 is 15.0 Å². The van der Waals surface area contributed by atoms with E-state index in [0.29, 0.717) is 18.2 Å². The summed E-state index contributed by atoms with van der Waals surface area (Å²) in [7, 11) is 0. The molecule has 1 aliphatic rings. The monoisotopic (exact) mass is 337 g/mol. The van der Waals surface area contributed by atoms with Gasteiger partial charge in [0.1, 0.15) is 12.4 Å². The quantitative estimate of drug-likeness (QED) is 0.815. The number of hydrogen-bond donors (Lipinski definition) is 1. The highest BCUT2D eigenvalue weighted by atomic mass is 16.5. The molecule has 1 atom stereocenters. The zero-order valence-electron chi connectivity index (χ0n) is 14.5. The molecule has 0 amide bonds. The van der Waals surface area contributed by atoms with Crippen LogP contribution in [0.4, 0.5) is 5.82 Å². The lowest BCUT2D eigenvalue weighted by atomic mass is 10.1. The molecule has 0 radical (unpaired) electrons. The summed E-state index contributed by atoms with van der Waals surface area (Å²) in [5, 5.41) is 20.9. The first-order valence-electron chi connectivity index (χ1n) is 8.66. The molecule has 3 rings (SSSR count). The number of rotatable bonds is 6. The average Bonchev–Trinajstić information content (AvgIpc) is 2.66. The summed E-state index contributed by atoms with van der Waals surface area (Å²) < 4.78 is 5.71. The van der Waals surface area contributed by atoms with Crippen LogP contribution in [0.3, 0.4) is 0 Å². The molecule has 0 aliphatic carbocycles. The predicted molar refractivity (Wildman–Crippen MR) is 96.7 cm³/mol. The highest BCUT2D eigenvalue weighted by Gasteiger charge is 2.20. The van der Waals surface area contributed by atoms with Gasteiger partial charge in [-0.05, 0) is 50.1 Å². The van der Waals surface area contributed by atoms with Crippen molar-refractivity contribution in [2.45, 2.75) is 25.8 Å². The second-order valence-electron chi connectivity index (χ2n) is 6.26. The normalized spacial score (nSPS) is 17.1. The van der Waals surface area contributed by atoms with Crippen LogP contribution in [0, 0.1) is 18.3 Å². The van der Waals surface area contributed by atoms with Gasteiger partial charge in [0.05, 0.1) is 17.3 Å². The summed E-state index contributed by atoms with van der Waals surface area (Å²) in [6.07, 6.45) is 2.29. The average molecular weight is 337 g/mol. The molecule has 1 aliphatic heterocycles. The third kappa shape index (κ3) is 4.91. The molecule has 0 spiro atoms. The largest absolute Gasteiger partial charge is 0.492 e. The third-order valence-electron chi connectivity index (χ3n) is 4.30. The third-order valence-corrected chi connectivity index (χ3v) is 4.30. The van der Waals surface area contributed by atoms with Crippen molar-refractivity contribution in [3.05, 3.63) is 47.7 Å². The first-order chi connectivity index (χ1) is 12.2. The molecule has 2 heterocycles. The number of nitrogens with zero attached hydrogens (tertiary/aromatic N) is 4. The Kier molecular flexibility index (Phi) is 5.81. The van der Waals surface area contributed by atoms with Crippen molar-refractivity contribution >= 4 is 5.82 Å². The van der Waals surface area contributed by atoms with Crippen LogP contribution in [0.25, 0.3) is 0 Å². The Labute approximate surface area is 148 Å². The van der Waals surface area contributed by atoms with Crippen LogP contribution in [0.5, 0.6) is 5.75 Å². The molecule has 2 aromatic rings. The number of hydrogen-bond acceptors (Lipinski definition) is 6. The number of anilines is 1. The Hall–Kier alpha value is -2.65. The summed E-state index contributed by atoms with van der Waals surface area (Å²) in [5.41, 5.74) is 1.56. The first-order valence-corrected chi connectivity index (χ1v) is 8.66. The molecule has 0 unspecified atom stereocenters. The maximum absolute atomic E-state index is 8.91. The van der Waals surface area contributed by atoms with Gasteiger partial charge in [-0.25, -0.2) is 0 Å². The van der Waals surface area contributed by atoms with Crippen LogP contribution in [-0.2, 0) is 0 Å². The number of nitrogens with one attached hydrogen (secondary N) is 1. The first kappa shape index (κ1) is 17.2. The molecular weight excluding hydrogens is 314 g/mol. The second kappa shape index (κ2) is 8.45. The van der Waals surface area contributed by atoms with E-state index in [0.717, 1.165) is 49.7 Å². The SMILES string of the molecule is Cc1ccc(N2CCC[C@@H](NCCOc3cccc(C#N)c3)C2)nn1. The molecule has 25 heavy (non-hydrogen) atoms. The molecule has 6 heteroatoms. The van der Waals surface area contributed by atoms with Crippen molar-refractivity contribution in [3.8, 4) is 11.8 Å². The summed E-state index contributed by atoms with van der Waals surface area (Å²) in [6.45, 7) is 5.25. The smallest absolute Gasteiger partial charge is 0.151 e. The zero-order chi connectivity index (χ0) is 17.5. The lowest BCUT2D eigenvalue weighted by Crippen LogP contribution is -2.47. The topological polar surface area (TPSA) is 74.1 Å². The van der Waals surface area contributed by atoms with Crippen molar-refractivity contribution in [2.24, 2.45) is 0 Å². The highest BCUT2D eigenvalue weighted by Crippen LogP contribution is 2.17. The van der Waals surface area contributed by atoms with E-state index >= 15 is 0 Å². The Morgan fingerprint density at radius 3 is 3.04 bits per heavy atom. The van der Waals surface area contributed by atoms with E-state index in [1.54, 1.807) is 12.1 Å². The minimum absolute atomic E-state index is 0.422. The fourth-order valence-corrected chi connectivity index (χ4v) is 3.00.